The molecule has 2 aliphatic heterocycles. The quantitative estimate of drug-likeness (QED) is 0.363. The molecule has 0 radical (unpaired) electrons. The monoisotopic (exact) mass is 421 g/mol. The molecular weight excluding hydrogens is 394 g/mol. The maximum absolute atomic E-state index is 12.4. The first-order valence-electron chi connectivity index (χ1n) is 10.2. The van der Waals surface area contributed by atoms with E-state index in [1.807, 2.05) is 0 Å². The Hall–Kier alpha value is -2.12. The van der Waals surface area contributed by atoms with Crippen molar-refractivity contribution in [1.82, 2.24) is 15.5 Å². The molecule has 3 rings (SSSR count). The van der Waals surface area contributed by atoms with Crippen molar-refractivity contribution in [2.24, 2.45) is 0 Å². The van der Waals surface area contributed by atoms with Crippen molar-refractivity contribution < 1.29 is 19.1 Å². The van der Waals surface area contributed by atoms with Crippen molar-refractivity contribution in [3.63, 3.8) is 0 Å². The summed E-state index contributed by atoms with van der Waals surface area (Å²) in [6, 6.07) is 4.72. The van der Waals surface area contributed by atoms with Gasteiger partial charge in [-0.1, -0.05) is 24.4 Å². The topological polar surface area (TPSA) is 87.7 Å². The number of imide groups is 1. The van der Waals surface area contributed by atoms with Crippen LogP contribution in [0.25, 0.3) is 0 Å². The maximum atomic E-state index is 12.4. The highest BCUT2D eigenvalue weighted by molar-refractivity contribution is 6.31. The largest absolute Gasteiger partial charge is 0.496 e. The second-order valence-electron chi connectivity index (χ2n) is 7.76. The number of carbonyl (C=O) groups excluding carboxylic acids is 3. The number of ketones is 1. The SMILES string of the molecule is COc1ccc(Cl)cc1C(=O)CCCCCCN1CCC2(CC1)NC(=O)NC2=O. The molecule has 2 fully saturated rings. The van der Waals surface area contributed by atoms with E-state index in [4.69, 9.17) is 16.3 Å². The van der Waals surface area contributed by atoms with Gasteiger partial charge in [-0.15, -0.1) is 0 Å². The number of methoxy groups -OCH3 is 1. The lowest BCUT2D eigenvalue weighted by Crippen LogP contribution is -2.54. The van der Waals surface area contributed by atoms with Crippen LogP contribution < -0.4 is 15.4 Å². The number of amides is 3. The Labute approximate surface area is 176 Å². The van der Waals surface area contributed by atoms with Gasteiger partial charge in [-0.2, -0.15) is 0 Å². The van der Waals surface area contributed by atoms with Crippen LogP contribution in [-0.2, 0) is 4.79 Å². The number of halogens is 1. The molecule has 0 unspecified atom stereocenters. The van der Waals surface area contributed by atoms with Crippen molar-refractivity contribution in [3.8, 4) is 5.75 Å². The summed E-state index contributed by atoms with van der Waals surface area (Å²) in [6.45, 7) is 2.59. The van der Waals surface area contributed by atoms with E-state index in [0.717, 1.165) is 45.3 Å². The van der Waals surface area contributed by atoms with Gasteiger partial charge in [-0.05, 0) is 50.4 Å². The minimum absolute atomic E-state index is 0.0579. The number of carbonyl (C=O) groups is 3. The molecule has 0 aromatic heterocycles. The van der Waals surface area contributed by atoms with Crippen molar-refractivity contribution in [1.29, 1.82) is 0 Å². The summed E-state index contributed by atoms with van der Waals surface area (Å²) in [4.78, 5) is 38.1. The molecule has 3 amide bonds. The van der Waals surface area contributed by atoms with Crippen LogP contribution in [0.5, 0.6) is 5.75 Å². The van der Waals surface area contributed by atoms with E-state index in [1.165, 1.54) is 0 Å². The fourth-order valence-corrected chi connectivity index (χ4v) is 4.22. The third-order valence-electron chi connectivity index (χ3n) is 5.81. The zero-order chi connectivity index (χ0) is 20.9. The summed E-state index contributed by atoms with van der Waals surface area (Å²) in [6.07, 6.45) is 5.73. The maximum Gasteiger partial charge on any atom is 0.322 e. The molecule has 158 valence electrons. The normalized spacial score (nSPS) is 18.6. The van der Waals surface area contributed by atoms with Gasteiger partial charge in [0.15, 0.2) is 5.78 Å². The highest BCUT2D eigenvalue weighted by Crippen LogP contribution is 2.26. The summed E-state index contributed by atoms with van der Waals surface area (Å²) in [5.41, 5.74) is -0.153. The van der Waals surface area contributed by atoms with Gasteiger partial charge in [0, 0.05) is 24.5 Å². The van der Waals surface area contributed by atoms with Gasteiger partial charge in [0.05, 0.1) is 12.7 Å². The number of Topliss-reactive ketones (excluding diaryl/α,β-unsaturated/α-hetero) is 1. The fourth-order valence-electron chi connectivity index (χ4n) is 4.05. The molecule has 0 saturated carbocycles. The van der Waals surface area contributed by atoms with E-state index < -0.39 is 5.54 Å². The third kappa shape index (κ3) is 5.28. The Balaban J connectivity index is 1.31. The standard InChI is InChI=1S/C21H28ClN3O4/c1-29-18-8-7-15(22)14-16(18)17(26)6-4-2-3-5-11-25-12-9-21(10-13-25)19(27)23-20(28)24-21/h7-8,14H,2-6,9-13H2,1H3,(H2,23,24,27,28). The summed E-state index contributed by atoms with van der Waals surface area (Å²) in [5.74, 6) is 0.431. The Bertz CT molecular complexity index is 775. The predicted molar refractivity (Wildman–Crippen MR) is 110 cm³/mol. The lowest BCUT2D eigenvalue weighted by atomic mass is 9.87. The van der Waals surface area contributed by atoms with E-state index in [2.05, 4.69) is 15.5 Å². The van der Waals surface area contributed by atoms with Gasteiger partial charge in [0.1, 0.15) is 11.3 Å². The lowest BCUT2D eigenvalue weighted by molar-refractivity contribution is -0.125. The first-order chi connectivity index (χ1) is 13.9. The summed E-state index contributed by atoms with van der Waals surface area (Å²) < 4.78 is 5.25. The van der Waals surface area contributed by atoms with Crippen LogP contribution in [0.2, 0.25) is 5.02 Å². The second kappa shape index (κ2) is 9.59. The highest BCUT2D eigenvalue weighted by atomic mass is 35.5. The second-order valence-corrected chi connectivity index (χ2v) is 8.20. The molecule has 0 bridgehead atoms. The molecule has 2 saturated heterocycles. The van der Waals surface area contributed by atoms with Crippen LogP contribution in [0, 0.1) is 0 Å². The van der Waals surface area contributed by atoms with E-state index in [1.54, 1.807) is 25.3 Å². The molecule has 0 aliphatic carbocycles. The molecule has 0 atom stereocenters. The van der Waals surface area contributed by atoms with Crippen LogP contribution in [0.1, 0.15) is 55.3 Å². The van der Waals surface area contributed by atoms with Gasteiger partial charge < -0.3 is 15.0 Å². The molecule has 2 N–H and O–H groups in total. The number of piperidine rings is 1. The summed E-state index contributed by atoms with van der Waals surface area (Å²) in [7, 11) is 1.55. The number of nitrogens with one attached hydrogen (secondary N) is 2. The molecule has 1 aromatic carbocycles. The summed E-state index contributed by atoms with van der Waals surface area (Å²) in [5, 5.41) is 5.66. The van der Waals surface area contributed by atoms with Crippen LogP contribution in [0.4, 0.5) is 4.79 Å². The Morgan fingerprint density at radius 1 is 1.17 bits per heavy atom. The van der Waals surface area contributed by atoms with Gasteiger partial charge in [0.2, 0.25) is 0 Å². The Kier molecular flexibility index (Phi) is 7.14. The molecule has 1 spiro atoms. The summed E-state index contributed by atoms with van der Waals surface area (Å²) >= 11 is 5.99. The average Bonchev–Trinajstić information content (AvgIpc) is 2.98. The number of unbranched alkanes of at least 4 members (excludes halogenated alkanes) is 3. The van der Waals surface area contributed by atoms with E-state index in [0.29, 0.717) is 35.6 Å². The Morgan fingerprint density at radius 2 is 1.90 bits per heavy atom. The Morgan fingerprint density at radius 3 is 2.55 bits per heavy atom. The number of hydrogen-bond acceptors (Lipinski definition) is 5. The number of ether oxygens (including phenoxy) is 1. The van der Waals surface area contributed by atoms with E-state index >= 15 is 0 Å². The molecular formula is C21H28ClN3O4. The fraction of sp³-hybridized carbons (Fsp3) is 0.571. The minimum atomic E-state index is -0.699. The van der Waals surface area contributed by atoms with E-state index in [9.17, 15) is 14.4 Å². The van der Waals surface area contributed by atoms with Crippen molar-refractivity contribution in [2.45, 2.75) is 50.5 Å². The smallest absolute Gasteiger partial charge is 0.322 e. The zero-order valence-electron chi connectivity index (χ0n) is 16.8. The number of benzene rings is 1. The van der Waals surface area contributed by atoms with Crippen LogP contribution in [-0.4, -0.2) is 54.9 Å². The number of urea groups is 1. The number of hydrogen-bond donors (Lipinski definition) is 2. The minimum Gasteiger partial charge on any atom is -0.496 e. The van der Waals surface area contributed by atoms with Crippen LogP contribution in [0.15, 0.2) is 18.2 Å². The molecule has 8 heteroatoms. The van der Waals surface area contributed by atoms with Crippen molar-refractivity contribution in [2.75, 3.05) is 26.7 Å². The average molecular weight is 422 g/mol. The van der Waals surface area contributed by atoms with Gasteiger partial charge in [-0.25, -0.2) is 4.79 Å². The first-order valence-corrected chi connectivity index (χ1v) is 10.5. The van der Waals surface area contributed by atoms with Gasteiger partial charge in [0.25, 0.3) is 5.91 Å². The van der Waals surface area contributed by atoms with Gasteiger partial charge in [-0.3, -0.25) is 14.9 Å². The highest BCUT2D eigenvalue weighted by Gasteiger charge is 2.47. The molecule has 1 aromatic rings. The zero-order valence-corrected chi connectivity index (χ0v) is 17.5. The van der Waals surface area contributed by atoms with Crippen molar-refractivity contribution >= 4 is 29.3 Å². The molecule has 2 aliphatic rings. The third-order valence-corrected chi connectivity index (χ3v) is 6.05. The molecule has 7 nitrogen and oxygen atoms in total. The lowest BCUT2D eigenvalue weighted by Gasteiger charge is -2.36. The number of likely N-dealkylation sites (tertiary alicyclic amines) is 1. The molecule has 2 heterocycles. The first kappa shape index (κ1) is 21.6. The number of rotatable bonds is 9. The number of nitrogens with zero attached hydrogens (tertiary/aromatic N) is 1. The van der Waals surface area contributed by atoms with Crippen LogP contribution >= 0.6 is 11.6 Å². The van der Waals surface area contributed by atoms with Gasteiger partial charge >= 0.3 is 6.03 Å². The van der Waals surface area contributed by atoms with E-state index in [-0.39, 0.29) is 17.7 Å². The molecule has 29 heavy (non-hydrogen) atoms. The van der Waals surface area contributed by atoms with Crippen LogP contribution in [0.3, 0.4) is 0 Å². The predicted octanol–water partition coefficient (Wildman–Crippen LogP) is 3.16. The van der Waals surface area contributed by atoms with Crippen molar-refractivity contribution in [3.05, 3.63) is 28.8 Å².